The number of hydrogen-bond donors (Lipinski definition) is 1. The van der Waals surface area contributed by atoms with Crippen LogP contribution in [0.1, 0.15) is 24.8 Å². The summed E-state index contributed by atoms with van der Waals surface area (Å²) in [5, 5.41) is 3.33. The van der Waals surface area contributed by atoms with Crippen molar-refractivity contribution in [3.05, 3.63) is 88.4 Å². The molecule has 0 unspecified atom stereocenters. The minimum atomic E-state index is -4.05. The lowest BCUT2D eigenvalue weighted by molar-refractivity contribution is -0.119. The molecule has 0 aliphatic carbocycles. The zero-order valence-corrected chi connectivity index (χ0v) is 21.5. The van der Waals surface area contributed by atoms with Crippen molar-refractivity contribution in [1.82, 2.24) is 5.32 Å². The lowest BCUT2D eigenvalue weighted by Crippen LogP contribution is -2.40. The summed E-state index contributed by atoms with van der Waals surface area (Å²) in [7, 11) is -4.05. The largest absolute Gasteiger partial charge is 0.372 e. The van der Waals surface area contributed by atoms with Gasteiger partial charge in [-0.1, -0.05) is 53.5 Å². The summed E-state index contributed by atoms with van der Waals surface area (Å²) in [5.74, 6) is -0.448. The lowest BCUT2D eigenvalue weighted by atomic mass is 10.1. The van der Waals surface area contributed by atoms with Gasteiger partial charge in [-0.15, -0.1) is 0 Å². The summed E-state index contributed by atoms with van der Waals surface area (Å²) >= 11 is 12.3. The van der Waals surface area contributed by atoms with Gasteiger partial charge in [0.2, 0.25) is 5.91 Å². The van der Waals surface area contributed by atoms with E-state index in [9.17, 15) is 13.2 Å². The Kier molecular flexibility index (Phi) is 8.21. The number of sulfonamides is 1. The Morgan fingerprint density at radius 3 is 2.26 bits per heavy atom. The molecule has 6 nitrogen and oxygen atoms in total. The molecule has 3 aromatic rings. The average molecular weight is 532 g/mol. The number of nitrogens with zero attached hydrogens (tertiary/aromatic N) is 2. The van der Waals surface area contributed by atoms with Crippen LogP contribution in [0.3, 0.4) is 0 Å². The van der Waals surface area contributed by atoms with Gasteiger partial charge in [-0.25, -0.2) is 8.42 Å². The minimum absolute atomic E-state index is 0.0621. The number of amides is 1. The summed E-state index contributed by atoms with van der Waals surface area (Å²) in [6.45, 7) is 1.99. The molecular formula is C26H27Cl2N3O3S. The number of carbonyl (C=O) groups is 1. The molecule has 1 aliphatic rings. The third kappa shape index (κ3) is 6.28. The van der Waals surface area contributed by atoms with Gasteiger partial charge in [-0.2, -0.15) is 0 Å². The van der Waals surface area contributed by atoms with Gasteiger partial charge in [0.15, 0.2) is 0 Å². The second kappa shape index (κ2) is 11.3. The molecule has 184 valence electrons. The highest BCUT2D eigenvalue weighted by Crippen LogP contribution is 2.32. The van der Waals surface area contributed by atoms with E-state index in [-0.39, 0.29) is 22.2 Å². The summed E-state index contributed by atoms with van der Waals surface area (Å²) < 4.78 is 27.8. The Hall–Kier alpha value is -2.74. The number of benzene rings is 3. The Labute approximate surface area is 216 Å². The van der Waals surface area contributed by atoms with Crippen molar-refractivity contribution < 1.29 is 13.2 Å². The Balaban J connectivity index is 1.48. The normalized spacial score (nSPS) is 13.9. The van der Waals surface area contributed by atoms with Crippen LogP contribution in [0.25, 0.3) is 0 Å². The van der Waals surface area contributed by atoms with Crippen molar-refractivity contribution in [2.45, 2.75) is 30.7 Å². The van der Waals surface area contributed by atoms with Gasteiger partial charge in [0, 0.05) is 30.3 Å². The fourth-order valence-corrected chi connectivity index (χ4v) is 6.09. The topological polar surface area (TPSA) is 69.7 Å². The number of nitrogens with one attached hydrogen (secondary N) is 1. The van der Waals surface area contributed by atoms with Gasteiger partial charge < -0.3 is 10.2 Å². The first-order chi connectivity index (χ1) is 16.8. The number of hydrogen-bond acceptors (Lipinski definition) is 4. The van der Waals surface area contributed by atoms with Crippen molar-refractivity contribution >= 4 is 50.5 Å². The van der Waals surface area contributed by atoms with Crippen LogP contribution >= 0.6 is 23.2 Å². The van der Waals surface area contributed by atoms with Crippen molar-refractivity contribution in [3.8, 4) is 0 Å². The fourth-order valence-electron chi connectivity index (χ4n) is 4.07. The molecule has 0 spiro atoms. The first kappa shape index (κ1) is 25.4. The van der Waals surface area contributed by atoms with Crippen LogP contribution in [0.2, 0.25) is 10.0 Å². The van der Waals surface area contributed by atoms with Gasteiger partial charge in [-0.3, -0.25) is 9.10 Å². The van der Waals surface area contributed by atoms with E-state index >= 15 is 0 Å². The zero-order chi connectivity index (χ0) is 24.8. The van der Waals surface area contributed by atoms with Gasteiger partial charge >= 0.3 is 0 Å². The van der Waals surface area contributed by atoms with Crippen molar-refractivity contribution in [3.63, 3.8) is 0 Å². The molecule has 4 rings (SSSR count). The average Bonchev–Trinajstić information content (AvgIpc) is 2.88. The maximum absolute atomic E-state index is 13.4. The maximum atomic E-state index is 13.4. The van der Waals surface area contributed by atoms with Crippen molar-refractivity contribution in [1.29, 1.82) is 0 Å². The standard InChI is InChI=1S/C26H27Cl2N3O3S/c27-21-11-14-25(24(28)17-21)31(35(33,34)23-7-3-1-4-8-23)19-26(32)29-18-20-9-12-22(13-10-20)30-15-5-2-6-16-30/h1,3-4,7-14,17H,2,5-6,15-16,18-19H2,(H,29,32). The molecule has 3 aromatic carbocycles. The molecule has 1 aliphatic heterocycles. The van der Waals surface area contributed by atoms with E-state index in [4.69, 9.17) is 23.2 Å². The van der Waals surface area contributed by atoms with E-state index in [1.165, 1.54) is 55.3 Å². The van der Waals surface area contributed by atoms with Crippen molar-refractivity contribution in [2.24, 2.45) is 0 Å². The molecule has 1 N–H and O–H groups in total. The smallest absolute Gasteiger partial charge is 0.264 e. The number of piperidine rings is 1. The molecule has 0 radical (unpaired) electrons. The summed E-state index contributed by atoms with van der Waals surface area (Å²) in [4.78, 5) is 15.3. The van der Waals surface area contributed by atoms with Crippen LogP contribution in [0.4, 0.5) is 11.4 Å². The fraction of sp³-hybridized carbons (Fsp3) is 0.269. The zero-order valence-electron chi connectivity index (χ0n) is 19.2. The molecular weight excluding hydrogens is 505 g/mol. The molecule has 0 bridgehead atoms. The third-order valence-electron chi connectivity index (χ3n) is 5.94. The molecule has 35 heavy (non-hydrogen) atoms. The summed E-state index contributed by atoms with van der Waals surface area (Å²) in [5.41, 5.74) is 2.29. The molecule has 1 amide bonds. The highest BCUT2D eigenvalue weighted by molar-refractivity contribution is 7.92. The van der Waals surface area contributed by atoms with Crippen LogP contribution in [-0.2, 0) is 21.4 Å². The molecule has 1 fully saturated rings. The molecule has 1 heterocycles. The minimum Gasteiger partial charge on any atom is -0.372 e. The number of carbonyl (C=O) groups excluding carboxylic acids is 1. The molecule has 0 aromatic heterocycles. The second-order valence-corrected chi connectivity index (χ2v) is 11.1. The van der Waals surface area contributed by atoms with E-state index in [2.05, 4.69) is 22.3 Å². The van der Waals surface area contributed by atoms with E-state index in [1.807, 2.05) is 12.1 Å². The second-order valence-electron chi connectivity index (χ2n) is 8.41. The number of anilines is 2. The van der Waals surface area contributed by atoms with E-state index in [0.717, 1.165) is 23.0 Å². The molecule has 0 atom stereocenters. The lowest BCUT2D eigenvalue weighted by Gasteiger charge is -2.28. The predicted molar refractivity (Wildman–Crippen MR) is 142 cm³/mol. The number of halogens is 2. The number of rotatable bonds is 8. The first-order valence-electron chi connectivity index (χ1n) is 11.5. The Morgan fingerprint density at radius 2 is 1.60 bits per heavy atom. The summed E-state index contributed by atoms with van der Waals surface area (Å²) in [6, 6.07) is 20.5. The first-order valence-corrected chi connectivity index (χ1v) is 13.7. The predicted octanol–water partition coefficient (Wildman–Crippen LogP) is 5.50. The SMILES string of the molecule is O=C(CN(c1ccc(Cl)cc1Cl)S(=O)(=O)c1ccccc1)NCc1ccc(N2CCCCC2)cc1. The van der Waals surface area contributed by atoms with Gasteiger partial charge in [0.05, 0.1) is 15.6 Å². The van der Waals surface area contributed by atoms with Crippen LogP contribution in [0.15, 0.2) is 77.7 Å². The van der Waals surface area contributed by atoms with E-state index < -0.39 is 22.5 Å². The molecule has 9 heteroatoms. The maximum Gasteiger partial charge on any atom is 0.264 e. The van der Waals surface area contributed by atoms with E-state index in [1.54, 1.807) is 18.2 Å². The quantitative estimate of drug-likeness (QED) is 0.416. The molecule has 0 saturated carbocycles. The van der Waals surface area contributed by atoms with Gasteiger partial charge in [-0.05, 0) is 67.3 Å². The Morgan fingerprint density at radius 1 is 0.914 bits per heavy atom. The monoisotopic (exact) mass is 531 g/mol. The summed E-state index contributed by atoms with van der Waals surface area (Å²) in [6.07, 6.45) is 3.69. The highest BCUT2D eigenvalue weighted by atomic mass is 35.5. The molecule has 1 saturated heterocycles. The van der Waals surface area contributed by atoms with Crippen LogP contribution in [0.5, 0.6) is 0 Å². The van der Waals surface area contributed by atoms with Crippen molar-refractivity contribution in [2.75, 3.05) is 28.8 Å². The van der Waals surface area contributed by atoms with Gasteiger partial charge in [0.25, 0.3) is 10.0 Å². The van der Waals surface area contributed by atoms with Crippen LogP contribution in [0, 0.1) is 0 Å². The highest BCUT2D eigenvalue weighted by Gasteiger charge is 2.28. The van der Waals surface area contributed by atoms with Crippen LogP contribution in [-0.4, -0.2) is 34.0 Å². The van der Waals surface area contributed by atoms with Gasteiger partial charge in [0.1, 0.15) is 6.54 Å². The van der Waals surface area contributed by atoms with E-state index in [0.29, 0.717) is 5.02 Å². The third-order valence-corrected chi connectivity index (χ3v) is 8.26. The van der Waals surface area contributed by atoms with Crippen LogP contribution < -0.4 is 14.5 Å². The Bertz CT molecular complexity index is 1260.